The van der Waals surface area contributed by atoms with Gasteiger partial charge in [0.05, 0.1) is 99.4 Å². The maximum Gasteiger partial charge on any atom is 0.252 e. The first-order valence-electron chi connectivity index (χ1n) is 51.1. The molecule has 2 aliphatic heterocycles. The number of nitrogens with zero attached hydrogens (tertiary/aromatic N) is 6. The van der Waals surface area contributed by atoms with Crippen LogP contribution in [0.4, 0.5) is 34.1 Å². The highest BCUT2D eigenvalue weighted by molar-refractivity contribution is 7.00. The first-order valence-corrected chi connectivity index (χ1v) is 35.1. The number of hydrogen-bond acceptors (Lipinski definition) is 2. The molecule has 0 aliphatic carbocycles. The van der Waals surface area contributed by atoms with Gasteiger partial charge in [-0.2, -0.15) is 0 Å². The van der Waals surface area contributed by atoms with Crippen LogP contribution < -0.4 is 26.2 Å². The van der Waals surface area contributed by atoms with Crippen molar-refractivity contribution in [2.45, 2.75) is 0 Å². The third kappa shape index (κ3) is 9.24. The van der Waals surface area contributed by atoms with Gasteiger partial charge in [-0.3, -0.25) is 0 Å². The van der Waals surface area contributed by atoms with Crippen LogP contribution in [0.5, 0.6) is 0 Å². The van der Waals surface area contributed by atoms with E-state index in [4.69, 9.17) is 21.9 Å². The molecule has 0 spiro atoms. The van der Waals surface area contributed by atoms with Crippen LogP contribution in [0.25, 0.3) is 154 Å². The van der Waals surface area contributed by atoms with Crippen molar-refractivity contribution in [2.75, 3.05) is 9.80 Å². The summed E-state index contributed by atoms with van der Waals surface area (Å²) in [6, 6.07) is 43.2. The van der Waals surface area contributed by atoms with E-state index in [1.165, 1.54) is 18.3 Å². The largest absolute Gasteiger partial charge is 0.311 e. The Kier molecular flexibility index (Phi) is 8.29. The smallest absolute Gasteiger partial charge is 0.252 e. The molecule has 17 aromatic carbocycles. The van der Waals surface area contributed by atoms with Gasteiger partial charge in [-0.15, -0.1) is 0 Å². The molecule has 0 saturated carbocycles. The Morgan fingerprint density at radius 1 is 0.202 bits per heavy atom. The minimum Gasteiger partial charge on any atom is -0.311 e. The summed E-state index contributed by atoms with van der Waals surface area (Å²) in [7, 11) is 0. The summed E-state index contributed by atoms with van der Waals surface area (Å²) < 4.78 is 298. The Morgan fingerprint density at radius 2 is 0.468 bits per heavy atom. The average molecular weight is 1420 g/mol. The number of fused-ring (bicyclic) bond motifs is 16. The van der Waals surface area contributed by atoms with Gasteiger partial charge in [-0.1, -0.05) is 260 Å². The molecular weight excluding hydrogens is 1320 g/mol. The fraction of sp³-hybridized carbons (Fsp3) is 0. The van der Waals surface area contributed by atoms with E-state index in [1.807, 2.05) is 140 Å². The van der Waals surface area contributed by atoms with Crippen molar-refractivity contribution >= 4 is 144 Å². The molecule has 109 heavy (non-hydrogen) atoms. The third-order valence-electron chi connectivity index (χ3n) is 21.2. The summed E-state index contributed by atoms with van der Waals surface area (Å²) in [5, 5.41) is -0.976. The van der Waals surface area contributed by atoms with Crippen molar-refractivity contribution in [1.29, 1.82) is 0 Å². The lowest BCUT2D eigenvalue weighted by molar-refractivity contribution is 1.17. The SMILES string of the molecule is [2H]c1c([2H])c([2H])c2c(c1[2H])c1c([2H])c([2H])c([2H])c([2H])c1n2-c1ccc(-c2cccc(-c3ccccc3N3c4cc(-n5c6c([2H])c([2H])c([2H])c([2H])c6c6c([2H])c([2H])c([2H])c([2H])c65)ccc4B4c5ccc(-n6c7c([2H])c([2H])c([2H])c([2H])c7c7c([2H])c([2H])c([2H])c([2H])c76)cc5N(c5ccccc5-c5cccc(-c6ccc(-n7c8c([2H])c([2H])c([2H])c([2H])c8c8c([2H])c([2H])c([2H])c([2H])c87)cc6)c5)c5cccc3c54)c2)cc1. The van der Waals surface area contributed by atoms with E-state index < -0.39 is 200 Å². The van der Waals surface area contributed by atoms with Gasteiger partial charge < -0.3 is 28.1 Å². The standard InChI is InChI=1S/C102H65BN6/c1-11-38-88(76(28-1)70-26-21-24-68(62-70)66-50-54-72(55-51-66)104-90-40-13-3-30-78(90)79-31-4-14-41-91(79)104)108-98-48-23-49-99-102(98)103(86-60-58-74(64-100(86)108)106-94-44-17-7-34-82(94)83-35-8-18-45-95(83)106)87-61-59-75(107-96-46-19-9-36-84(96)85-37-10-20-47-97(85)107)65-101(87)109(99)89-39-12-2-29-77(89)71-27-22-25-69(63-71)67-52-56-73(57-53-67)105-92-42-15-5-32-80(92)81-33-6-16-43-93(81)105/h1-65H/i3D,4D,5D,6D,7D,8D,9D,10D,13D,14D,15D,16D,17D,18D,19D,20D,30D,31D,32D,33D,34D,35D,36D,37D,40D,41D,42D,43D,44D,45D,46D,47D. The zero-order valence-electron chi connectivity index (χ0n) is 88.8. The molecule has 6 heterocycles. The van der Waals surface area contributed by atoms with Gasteiger partial charge in [0.25, 0.3) is 6.71 Å². The molecule has 6 nitrogen and oxygen atoms in total. The monoisotopic (exact) mass is 1420 g/mol. The molecule has 0 amide bonds. The van der Waals surface area contributed by atoms with Crippen molar-refractivity contribution in [3.63, 3.8) is 0 Å². The minimum atomic E-state index is -0.868. The molecule has 0 radical (unpaired) electrons. The van der Waals surface area contributed by atoms with Gasteiger partial charge in [-0.25, -0.2) is 0 Å². The van der Waals surface area contributed by atoms with E-state index in [9.17, 15) is 21.9 Å². The van der Waals surface area contributed by atoms with Crippen molar-refractivity contribution in [3.8, 4) is 67.3 Å². The topological polar surface area (TPSA) is 26.2 Å². The van der Waals surface area contributed by atoms with Crippen LogP contribution in [-0.4, -0.2) is 25.0 Å². The van der Waals surface area contributed by atoms with Crippen LogP contribution in [0.1, 0.15) is 43.9 Å². The van der Waals surface area contributed by atoms with E-state index in [2.05, 4.69) is 9.80 Å². The highest BCUT2D eigenvalue weighted by atomic mass is 15.2. The highest BCUT2D eigenvalue weighted by Gasteiger charge is 2.44. The van der Waals surface area contributed by atoms with Crippen molar-refractivity contribution in [2.24, 2.45) is 0 Å². The van der Waals surface area contributed by atoms with Gasteiger partial charge in [0.2, 0.25) is 0 Å². The first-order chi connectivity index (χ1) is 67.4. The van der Waals surface area contributed by atoms with Crippen LogP contribution in [0.3, 0.4) is 0 Å². The molecule has 0 bridgehead atoms. The molecule has 0 fully saturated rings. The highest BCUT2D eigenvalue weighted by Crippen LogP contribution is 2.50. The molecule has 0 saturated heterocycles. The zero-order chi connectivity index (χ0) is 99.2. The van der Waals surface area contributed by atoms with Crippen molar-refractivity contribution in [1.82, 2.24) is 18.3 Å². The van der Waals surface area contributed by atoms with Crippen molar-refractivity contribution < 1.29 is 43.9 Å². The van der Waals surface area contributed by atoms with Crippen LogP contribution in [0, 0.1) is 0 Å². The summed E-state index contributed by atoms with van der Waals surface area (Å²) in [4.78, 5) is 4.13. The molecule has 23 rings (SSSR count). The molecule has 506 valence electrons. The third-order valence-corrected chi connectivity index (χ3v) is 21.2. The molecule has 4 aromatic heterocycles. The Balaban J connectivity index is 0.755. The number of hydrogen-bond donors (Lipinski definition) is 0. The van der Waals surface area contributed by atoms with Crippen LogP contribution >= 0.6 is 0 Å². The summed E-state index contributed by atoms with van der Waals surface area (Å²) >= 11 is 0. The second-order valence-corrected chi connectivity index (χ2v) is 26.7. The van der Waals surface area contributed by atoms with Gasteiger partial charge in [0.1, 0.15) is 0 Å². The Bertz CT molecular complexity index is 8540. The lowest BCUT2D eigenvalue weighted by Gasteiger charge is -2.45. The minimum absolute atomic E-state index is 0.0536. The molecule has 0 unspecified atom stereocenters. The number of benzene rings is 17. The van der Waals surface area contributed by atoms with E-state index in [1.54, 1.807) is 60.7 Å². The van der Waals surface area contributed by atoms with Crippen LogP contribution in [0.2, 0.25) is 0 Å². The predicted octanol–water partition coefficient (Wildman–Crippen LogP) is 24.8. The average Bonchev–Trinajstić information content (AvgIpc) is 1.51. The Morgan fingerprint density at radius 3 is 0.798 bits per heavy atom. The Hall–Kier alpha value is -14.4. The maximum atomic E-state index is 9.75. The Labute approximate surface area is 675 Å². The summed E-state index contributed by atoms with van der Waals surface area (Å²) in [5.41, 5.74) is 10.4. The molecular formula is C102H65BN6. The number of para-hydroxylation sites is 10. The van der Waals surface area contributed by atoms with Gasteiger partial charge in [0, 0.05) is 99.7 Å². The summed E-state index contributed by atoms with van der Waals surface area (Å²) in [6.45, 7) is -0.868. The predicted molar refractivity (Wildman–Crippen MR) is 460 cm³/mol. The van der Waals surface area contributed by atoms with E-state index in [0.717, 1.165) is 0 Å². The zero-order valence-corrected chi connectivity index (χ0v) is 56.8. The molecule has 7 heteroatoms. The quantitative estimate of drug-likeness (QED) is 0.128. The summed E-state index contributed by atoms with van der Waals surface area (Å²) in [5.74, 6) is 0. The lowest BCUT2D eigenvalue weighted by atomic mass is 9.33. The number of anilines is 6. The molecule has 0 N–H and O–H groups in total. The molecule has 0 atom stereocenters. The van der Waals surface area contributed by atoms with Crippen LogP contribution in [0.15, 0.2) is 394 Å². The van der Waals surface area contributed by atoms with E-state index in [-0.39, 0.29) is 98.6 Å². The second kappa shape index (κ2) is 24.1. The second-order valence-electron chi connectivity index (χ2n) is 26.7. The van der Waals surface area contributed by atoms with Crippen LogP contribution in [-0.2, 0) is 0 Å². The van der Waals surface area contributed by atoms with Gasteiger partial charge in [-0.05, 0) is 183 Å². The normalized spacial score (nSPS) is 16.6. The molecule has 2 aliphatic rings. The number of aromatic nitrogens is 4. The van der Waals surface area contributed by atoms with Gasteiger partial charge in [0.15, 0.2) is 0 Å². The fourth-order valence-corrected chi connectivity index (χ4v) is 16.6. The molecule has 21 aromatic rings. The first kappa shape index (κ1) is 37.5. The lowest BCUT2D eigenvalue weighted by Crippen LogP contribution is -2.61. The maximum absolute atomic E-state index is 9.75. The fourth-order valence-electron chi connectivity index (χ4n) is 16.6. The van der Waals surface area contributed by atoms with E-state index >= 15 is 0 Å². The summed E-state index contributed by atoms with van der Waals surface area (Å²) in [6.07, 6.45) is 0. The van der Waals surface area contributed by atoms with Gasteiger partial charge >= 0.3 is 0 Å². The number of rotatable bonds is 10. The van der Waals surface area contributed by atoms with Crippen molar-refractivity contribution in [3.05, 3.63) is 394 Å². The van der Waals surface area contributed by atoms with E-state index in [0.29, 0.717) is 106 Å².